The summed E-state index contributed by atoms with van der Waals surface area (Å²) in [6, 6.07) is 3.01. The lowest BCUT2D eigenvalue weighted by molar-refractivity contribution is -0.138. The van der Waals surface area contributed by atoms with Gasteiger partial charge in [-0.1, -0.05) is 6.07 Å². The van der Waals surface area contributed by atoms with Crippen molar-refractivity contribution in [3.63, 3.8) is 0 Å². The molecule has 17 heavy (non-hydrogen) atoms. The maximum atomic E-state index is 10.8. The molecule has 0 fully saturated rings. The average Bonchev–Trinajstić information content (AvgIpc) is 2.86. The van der Waals surface area contributed by atoms with Gasteiger partial charge in [-0.3, -0.25) is 9.48 Å². The summed E-state index contributed by atoms with van der Waals surface area (Å²) in [6.07, 6.45) is 2.11. The minimum atomic E-state index is -0.994. The topological polar surface area (TPSA) is 81.1 Å². The lowest BCUT2D eigenvalue weighted by Crippen LogP contribution is -2.32. The molecule has 0 amide bonds. The van der Waals surface area contributed by atoms with Gasteiger partial charge in [-0.2, -0.15) is 5.10 Å². The summed E-state index contributed by atoms with van der Waals surface area (Å²) >= 11 is 1.57. The van der Waals surface area contributed by atoms with Gasteiger partial charge in [0.2, 0.25) is 0 Å². The Morgan fingerprint density at radius 2 is 2.47 bits per heavy atom. The fourth-order valence-corrected chi connectivity index (χ4v) is 2.38. The van der Waals surface area contributed by atoms with E-state index in [1.807, 2.05) is 30.8 Å². The molecule has 1 unspecified atom stereocenters. The Balaban J connectivity index is 2.31. The lowest BCUT2D eigenvalue weighted by atomic mass is 10.1. The molecule has 5 nitrogen and oxygen atoms in total. The number of aromatic nitrogens is 2. The highest BCUT2D eigenvalue weighted by atomic mass is 32.1. The van der Waals surface area contributed by atoms with Crippen LogP contribution in [0, 0.1) is 0 Å². The SMILES string of the molecule is Cn1cc(CC(N)C(=O)O)c(-c2cccs2)n1. The van der Waals surface area contributed by atoms with Crippen LogP contribution in [-0.4, -0.2) is 26.9 Å². The molecule has 6 heteroatoms. The summed E-state index contributed by atoms with van der Waals surface area (Å²) < 4.78 is 1.68. The number of nitrogens with two attached hydrogens (primary N) is 1. The molecular formula is C11H13N3O2S. The number of carboxylic acid groups (broad SMARTS) is 1. The first-order chi connectivity index (χ1) is 8.08. The number of thiophene rings is 1. The van der Waals surface area contributed by atoms with E-state index < -0.39 is 12.0 Å². The van der Waals surface area contributed by atoms with E-state index in [1.54, 1.807) is 16.0 Å². The van der Waals surface area contributed by atoms with Crippen LogP contribution in [0.25, 0.3) is 10.6 Å². The Morgan fingerprint density at radius 3 is 3.06 bits per heavy atom. The van der Waals surface area contributed by atoms with Gasteiger partial charge in [0.05, 0.1) is 4.88 Å². The molecule has 3 N–H and O–H groups in total. The predicted octanol–water partition coefficient (Wildman–Crippen LogP) is 1.10. The predicted molar refractivity (Wildman–Crippen MR) is 65.8 cm³/mol. The molecule has 0 aromatic carbocycles. The van der Waals surface area contributed by atoms with Crippen LogP contribution in [0.3, 0.4) is 0 Å². The van der Waals surface area contributed by atoms with Gasteiger partial charge in [-0.25, -0.2) is 0 Å². The van der Waals surface area contributed by atoms with Gasteiger partial charge in [0.15, 0.2) is 0 Å². The van der Waals surface area contributed by atoms with Gasteiger partial charge in [0.1, 0.15) is 11.7 Å². The zero-order chi connectivity index (χ0) is 12.4. The molecule has 1 atom stereocenters. The number of carboxylic acids is 1. The number of aryl methyl sites for hydroxylation is 1. The molecule has 0 aliphatic heterocycles. The Morgan fingerprint density at radius 1 is 1.71 bits per heavy atom. The third kappa shape index (κ3) is 2.54. The molecule has 0 bridgehead atoms. The van der Waals surface area contributed by atoms with Gasteiger partial charge in [-0.15, -0.1) is 11.3 Å². The average molecular weight is 251 g/mol. The lowest BCUT2D eigenvalue weighted by Gasteiger charge is -2.05. The van der Waals surface area contributed by atoms with E-state index in [4.69, 9.17) is 10.8 Å². The van der Waals surface area contributed by atoms with Crippen LogP contribution in [-0.2, 0) is 18.3 Å². The first-order valence-electron chi connectivity index (χ1n) is 5.12. The molecule has 0 aliphatic carbocycles. The monoisotopic (exact) mass is 251 g/mol. The molecule has 2 aromatic rings. The van der Waals surface area contributed by atoms with Crippen molar-refractivity contribution in [2.75, 3.05) is 0 Å². The first-order valence-corrected chi connectivity index (χ1v) is 6.00. The van der Waals surface area contributed by atoms with Crippen LogP contribution < -0.4 is 5.73 Å². The fourth-order valence-electron chi connectivity index (χ4n) is 1.63. The molecule has 2 rings (SSSR count). The maximum absolute atomic E-state index is 10.8. The van der Waals surface area contributed by atoms with Crippen molar-refractivity contribution < 1.29 is 9.90 Å². The van der Waals surface area contributed by atoms with E-state index in [9.17, 15) is 4.79 Å². The number of nitrogens with zero attached hydrogens (tertiary/aromatic N) is 2. The number of hydrogen-bond donors (Lipinski definition) is 2. The second-order valence-electron chi connectivity index (χ2n) is 3.80. The Labute approximate surface area is 102 Å². The Kier molecular flexibility index (Phi) is 3.26. The van der Waals surface area contributed by atoms with Crippen LogP contribution in [0.5, 0.6) is 0 Å². The highest BCUT2D eigenvalue weighted by molar-refractivity contribution is 7.13. The molecular weight excluding hydrogens is 238 g/mol. The summed E-state index contributed by atoms with van der Waals surface area (Å²) in [5.41, 5.74) is 7.23. The summed E-state index contributed by atoms with van der Waals surface area (Å²) in [5.74, 6) is -0.994. The van der Waals surface area contributed by atoms with Gasteiger partial charge in [0, 0.05) is 25.2 Å². The van der Waals surface area contributed by atoms with E-state index in [1.165, 1.54) is 0 Å². The molecule has 2 aromatic heterocycles. The van der Waals surface area contributed by atoms with E-state index in [0.717, 1.165) is 16.1 Å². The van der Waals surface area contributed by atoms with Crippen molar-refractivity contribution in [3.05, 3.63) is 29.3 Å². The van der Waals surface area contributed by atoms with Crippen molar-refractivity contribution in [1.82, 2.24) is 9.78 Å². The highest BCUT2D eigenvalue weighted by Crippen LogP contribution is 2.27. The summed E-state index contributed by atoms with van der Waals surface area (Å²) in [5, 5.41) is 15.1. The molecule has 0 aliphatic rings. The zero-order valence-electron chi connectivity index (χ0n) is 9.33. The smallest absolute Gasteiger partial charge is 0.320 e. The summed E-state index contributed by atoms with van der Waals surface area (Å²) in [6.45, 7) is 0. The van der Waals surface area contributed by atoms with E-state index >= 15 is 0 Å². The Bertz CT molecular complexity index is 519. The molecule has 2 heterocycles. The van der Waals surface area contributed by atoms with Crippen molar-refractivity contribution >= 4 is 17.3 Å². The minimum Gasteiger partial charge on any atom is -0.480 e. The van der Waals surface area contributed by atoms with Crippen molar-refractivity contribution in [2.24, 2.45) is 12.8 Å². The number of hydrogen-bond acceptors (Lipinski definition) is 4. The summed E-state index contributed by atoms with van der Waals surface area (Å²) in [4.78, 5) is 11.8. The van der Waals surface area contributed by atoms with Crippen molar-refractivity contribution in [1.29, 1.82) is 0 Å². The van der Waals surface area contributed by atoms with Gasteiger partial charge >= 0.3 is 5.97 Å². The van der Waals surface area contributed by atoms with Crippen LogP contribution in [0.15, 0.2) is 23.7 Å². The van der Waals surface area contributed by atoms with Crippen LogP contribution in [0.1, 0.15) is 5.56 Å². The van der Waals surface area contributed by atoms with Gasteiger partial charge < -0.3 is 10.8 Å². The third-order valence-electron chi connectivity index (χ3n) is 2.42. The first kappa shape index (κ1) is 11.8. The van der Waals surface area contributed by atoms with E-state index in [-0.39, 0.29) is 6.42 Å². The molecule has 0 radical (unpaired) electrons. The Hall–Kier alpha value is -1.66. The molecule has 0 saturated heterocycles. The van der Waals surface area contributed by atoms with Gasteiger partial charge in [-0.05, 0) is 11.4 Å². The minimum absolute atomic E-state index is 0.288. The standard InChI is InChI=1S/C11H13N3O2S/c1-14-6-7(5-8(12)11(15)16)10(13-14)9-3-2-4-17-9/h2-4,6,8H,5,12H2,1H3,(H,15,16). The number of carbonyl (C=O) groups is 1. The van der Waals surface area contributed by atoms with Crippen LogP contribution >= 0.6 is 11.3 Å². The number of rotatable bonds is 4. The van der Waals surface area contributed by atoms with E-state index in [0.29, 0.717) is 0 Å². The fraction of sp³-hybridized carbons (Fsp3) is 0.273. The van der Waals surface area contributed by atoms with Gasteiger partial charge in [0.25, 0.3) is 0 Å². The van der Waals surface area contributed by atoms with Crippen LogP contribution in [0.4, 0.5) is 0 Å². The normalized spacial score (nSPS) is 12.6. The van der Waals surface area contributed by atoms with Crippen LogP contribution in [0.2, 0.25) is 0 Å². The van der Waals surface area contributed by atoms with E-state index in [2.05, 4.69) is 5.10 Å². The number of aliphatic carboxylic acids is 1. The second kappa shape index (κ2) is 4.68. The maximum Gasteiger partial charge on any atom is 0.320 e. The van der Waals surface area contributed by atoms with Crippen molar-refractivity contribution in [2.45, 2.75) is 12.5 Å². The quantitative estimate of drug-likeness (QED) is 0.852. The zero-order valence-corrected chi connectivity index (χ0v) is 10.1. The third-order valence-corrected chi connectivity index (χ3v) is 3.29. The molecule has 90 valence electrons. The molecule has 0 spiro atoms. The second-order valence-corrected chi connectivity index (χ2v) is 4.75. The largest absolute Gasteiger partial charge is 0.480 e. The van der Waals surface area contributed by atoms with Crippen molar-refractivity contribution in [3.8, 4) is 10.6 Å². The molecule has 0 saturated carbocycles. The summed E-state index contributed by atoms with van der Waals surface area (Å²) in [7, 11) is 1.81. The highest BCUT2D eigenvalue weighted by Gasteiger charge is 2.18.